The molecule has 0 aliphatic rings. The molecule has 1 aromatic rings. The molecule has 7 nitrogen and oxygen atoms in total. The third-order valence-electron chi connectivity index (χ3n) is 2.83. The van der Waals surface area contributed by atoms with Crippen molar-refractivity contribution in [3.05, 3.63) is 38.7 Å². The Hall–Kier alpha value is -2.22. The summed E-state index contributed by atoms with van der Waals surface area (Å²) in [7, 11) is 0. The molecule has 0 aliphatic carbocycles. The zero-order valence-electron chi connectivity index (χ0n) is 11.7. The molecule has 1 amide bonds. The average Bonchev–Trinajstić information content (AvgIpc) is 2.41. The summed E-state index contributed by atoms with van der Waals surface area (Å²) in [5, 5.41) is 19.3. The van der Waals surface area contributed by atoms with Crippen LogP contribution in [0.2, 0.25) is 5.02 Å². The van der Waals surface area contributed by atoms with Crippen LogP contribution in [0.15, 0.2) is 12.1 Å². The zero-order chi connectivity index (χ0) is 16.9. The Morgan fingerprint density at radius 1 is 1.45 bits per heavy atom. The van der Waals surface area contributed by atoms with Gasteiger partial charge in [-0.2, -0.15) is 0 Å². The second kappa shape index (κ2) is 7.69. The number of hydrogen-bond donors (Lipinski definition) is 1. The molecule has 0 saturated carbocycles. The van der Waals surface area contributed by atoms with Gasteiger partial charge in [0, 0.05) is 18.2 Å². The highest BCUT2D eigenvalue weighted by Crippen LogP contribution is 2.27. The maximum atomic E-state index is 13.5. The van der Waals surface area contributed by atoms with E-state index in [1.807, 2.05) is 0 Å². The highest BCUT2D eigenvalue weighted by Gasteiger charge is 2.23. The summed E-state index contributed by atoms with van der Waals surface area (Å²) in [6.45, 7) is 1.43. The smallest absolute Gasteiger partial charge is 0.323 e. The summed E-state index contributed by atoms with van der Waals surface area (Å²) < 4.78 is 13.5. The van der Waals surface area contributed by atoms with Gasteiger partial charge in [-0.05, 0) is 12.5 Å². The molecule has 1 N–H and O–H groups in total. The van der Waals surface area contributed by atoms with Crippen LogP contribution in [0.3, 0.4) is 0 Å². The van der Waals surface area contributed by atoms with Crippen LogP contribution in [-0.2, 0) is 16.0 Å². The van der Waals surface area contributed by atoms with E-state index in [1.54, 1.807) is 6.92 Å². The van der Waals surface area contributed by atoms with Crippen LogP contribution in [-0.4, -0.2) is 39.9 Å². The molecule has 0 aliphatic heterocycles. The number of rotatable bonds is 7. The van der Waals surface area contributed by atoms with Gasteiger partial charge in [0.1, 0.15) is 12.4 Å². The minimum atomic E-state index is -1.20. The van der Waals surface area contributed by atoms with Gasteiger partial charge >= 0.3 is 5.97 Å². The lowest BCUT2D eigenvalue weighted by molar-refractivity contribution is -0.385. The number of carboxylic acids is 1. The predicted molar refractivity (Wildman–Crippen MR) is 76.3 cm³/mol. The number of benzene rings is 1. The minimum Gasteiger partial charge on any atom is -0.480 e. The molecule has 1 rings (SSSR count). The van der Waals surface area contributed by atoms with E-state index in [-0.39, 0.29) is 12.1 Å². The van der Waals surface area contributed by atoms with Crippen molar-refractivity contribution in [1.29, 1.82) is 0 Å². The van der Waals surface area contributed by atoms with E-state index in [4.69, 9.17) is 16.7 Å². The van der Waals surface area contributed by atoms with Crippen LogP contribution in [0.4, 0.5) is 10.1 Å². The lowest BCUT2D eigenvalue weighted by Gasteiger charge is -2.20. The standard InChI is InChI=1S/C13H14ClFN2O5/c1-2-3-16(7-13(19)20)12(18)5-8-4-10(15)9(14)6-11(8)17(21)22/h4,6H,2-3,5,7H2,1H3,(H,19,20). The van der Waals surface area contributed by atoms with E-state index in [0.29, 0.717) is 6.42 Å². The lowest BCUT2D eigenvalue weighted by Crippen LogP contribution is -2.37. The average molecular weight is 333 g/mol. The third-order valence-corrected chi connectivity index (χ3v) is 3.12. The molecule has 1 aromatic carbocycles. The predicted octanol–water partition coefficient (Wildman–Crippen LogP) is 2.25. The van der Waals surface area contributed by atoms with Gasteiger partial charge in [0.2, 0.25) is 5.91 Å². The molecule has 0 bridgehead atoms. The Bertz CT molecular complexity index is 608. The molecule has 0 radical (unpaired) electrons. The number of aliphatic carboxylic acids is 1. The van der Waals surface area contributed by atoms with Gasteiger partial charge in [0.15, 0.2) is 0 Å². The zero-order valence-corrected chi connectivity index (χ0v) is 12.5. The number of carbonyl (C=O) groups is 2. The number of carboxylic acid groups (broad SMARTS) is 1. The van der Waals surface area contributed by atoms with Crippen molar-refractivity contribution in [3.8, 4) is 0 Å². The molecule has 0 spiro atoms. The van der Waals surface area contributed by atoms with Gasteiger partial charge in [-0.1, -0.05) is 18.5 Å². The highest BCUT2D eigenvalue weighted by atomic mass is 35.5. The van der Waals surface area contributed by atoms with E-state index < -0.39 is 46.3 Å². The Morgan fingerprint density at radius 2 is 2.09 bits per heavy atom. The fraction of sp³-hybridized carbons (Fsp3) is 0.385. The van der Waals surface area contributed by atoms with Crippen LogP contribution in [0.1, 0.15) is 18.9 Å². The summed E-state index contributed by atoms with van der Waals surface area (Å²) in [6, 6.07) is 1.66. The Morgan fingerprint density at radius 3 is 2.59 bits per heavy atom. The van der Waals surface area contributed by atoms with Crippen molar-refractivity contribution in [2.75, 3.05) is 13.1 Å². The van der Waals surface area contributed by atoms with Crippen LogP contribution in [0.5, 0.6) is 0 Å². The second-order valence-corrected chi connectivity index (χ2v) is 4.95. The topological polar surface area (TPSA) is 101 Å². The number of nitro benzene ring substituents is 1. The van der Waals surface area contributed by atoms with E-state index in [1.165, 1.54) is 0 Å². The molecular weight excluding hydrogens is 319 g/mol. The number of carbonyl (C=O) groups excluding carboxylic acids is 1. The van der Waals surface area contributed by atoms with Crippen LogP contribution in [0, 0.1) is 15.9 Å². The summed E-state index contributed by atoms with van der Waals surface area (Å²) in [5.74, 6) is -2.71. The Kier molecular flexibility index (Phi) is 6.24. The van der Waals surface area contributed by atoms with Crippen molar-refractivity contribution in [3.63, 3.8) is 0 Å². The molecule has 0 saturated heterocycles. The van der Waals surface area contributed by atoms with Crippen molar-refractivity contribution in [2.45, 2.75) is 19.8 Å². The van der Waals surface area contributed by atoms with Crippen LogP contribution < -0.4 is 0 Å². The molecule has 0 fully saturated rings. The van der Waals surface area contributed by atoms with Gasteiger partial charge in [-0.15, -0.1) is 0 Å². The third kappa shape index (κ3) is 4.66. The van der Waals surface area contributed by atoms with E-state index in [0.717, 1.165) is 17.0 Å². The lowest BCUT2D eigenvalue weighted by atomic mass is 10.1. The summed E-state index contributed by atoms with van der Waals surface area (Å²) in [6.07, 6.45) is 0.0494. The highest BCUT2D eigenvalue weighted by molar-refractivity contribution is 6.31. The Labute approximate surface area is 130 Å². The van der Waals surface area contributed by atoms with Gasteiger partial charge in [0.25, 0.3) is 5.69 Å². The molecular formula is C13H14ClFN2O5. The van der Waals surface area contributed by atoms with Crippen LogP contribution in [0.25, 0.3) is 0 Å². The van der Waals surface area contributed by atoms with Crippen molar-refractivity contribution in [1.82, 2.24) is 4.90 Å². The second-order valence-electron chi connectivity index (χ2n) is 4.54. The quantitative estimate of drug-likeness (QED) is 0.609. The number of nitrogens with zero attached hydrogens (tertiary/aromatic N) is 2. The first-order valence-corrected chi connectivity index (χ1v) is 6.76. The normalized spacial score (nSPS) is 10.3. The Balaban J connectivity index is 3.06. The summed E-state index contributed by atoms with van der Waals surface area (Å²) in [4.78, 5) is 34.1. The van der Waals surface area contributed by atoms with Crippen LogP contribution >= 0.6 is 11.6 Å². The molecule has 120 valence electrons. The van der Waals surface area contributed by atoms with E-state index in [9.17, 15) is 24.1 Å². The largest absolute Gasteiger partial charge is 0.480 e. The number of amides is 1. The number of nitro groups is 1. The first-order valence-electron chi connectivity index (χ1n) is 6.38. The fourth-order valence-electron chi connectivity index (χ4n) is 1.89. The maximum absolute atomic E-state index is 13.5. The van der Waals surface area contributed by atoms with E-state index >= 15 is 0 Å². The maximum Gasteiger partial charge on any atom is 0.323 e. The first-order chi connectivity index (χ1) is 10.3. The monoisotopic (exact) mass is 332 g/mol. The van der Waals surface area contributed by atoms with Gasteiger partial charge in [-0.25, -0.2) is 4.39 Å². The summed E-state index contributed by atoms with van der Waals surface area (Å²) >= 11 is 5.50. The number of halogens is 2. The fourth-order valence-corrected chi connectivity index (χ4v) is 2.05. The minimum absolute atomic E-state index is 0.150. The molecule has 9 heteroatoms. The first kappa shape index (κ1) is 17.8. The summed E-state index contributed by atoms with van der Waals surface area (Å²) in [5.41, 5.74) is -0.630. The number of hydrogen-bond acceptors (Lipinski definition) is 4. The van der Waals surface area contributed by atoms with Gasteiger partial charge < -0.3 is 10.0 Å². The SMILES string of the molecule is CCCN(CC(=O)O)C(=O)Cc1cc(F)c(Cl)cc1[N+](=O)[O-]. The molecule has 0 unspecified atom stereocenters. The van der Waals surface area contributed by atoms with Crippen molar-refractivity contribution < 1.29 is 24.0 Å². The molecule has 0 atom stereocenters. The van der Waals surface area contributed by atoms with Crippen molar-refractivity contribution in [2.24, 2.45) is 0 Å². The van der Waals surface area contributed by atoms with E-state index in [2.05, 4.69) is 0 Å². The van der Waals surface area contributed by atoms with Gasteiger partial charge in [-0.3, -0.25) is 19.7 Å². The molecule has 0 heterocycles. The van der Waals surface area contributed by atoms with Gasteiger partial charge in [0.05, 0.1) is 16.4 Å². The van der Waals surface area contributed by atoms with Crippen molar-refractivity contribution >= 4 is 29.2 Å². The molecule has 22 heavy (non-hydrogen) atoms. The molecule has 0 aromatic heterocycles.